The lowest BCUT2D eigenvalue weighted by Crippen LogP contribution is -2.48. The Labute approximate surface area is 163 Å². The molecule has 1 atom stereocenters. The number of tetrazole rings is 1. The highest BCUT2D eigenvalue weighted by molar-refractivity contribution is 5.32. The molecule has 1 unspecified atom stereocenters. The van der Waals surface area contributed by atoms with Crippen LogP contribution < -0.4 is 4.74 Å². The minimum Gasteiger partial charge on any atom is -0.489 e. The molecule has 1 N–H and O–H groups in total. The molecular formula is C18H17F4N5O2. The van der Waals surface area contributed by atoms with Gasteiger partial charge in [-0.25, -0.2) is 13.5 Å². The van der Waals surface area contributed by atoms with E-state index >= 15 is 8.78 Å². The van der Waals surface area contributed by atoms with Crippen molar-refractivity contribution in [3.05, 3.63) is 65.7 Å². The van der Waals surface area contributed by atoms with Crippen LogP contribution in [-0.2, 0) is 18.1 Å². The van der Waals surface area contributed by atoms with E-state index in [1.165, 1.54) is 6.07 Å². The molecule has 7 nitrogen and oxygen atoms in total. The van der Waals surface area contributed by atoms with Crippen molar-refractivity contribution in [2.24, 2.45) is 0 Å². The highest BCUT2D eigenvalue weighted by Gasteiger charge is 2.58. The van der Waals surface area contributed by atoms with Gasteiger partial charge in [-0.3, -0.25) is 4.98 Å². The van der Waals surface area contributed by atoms with Gasteiger partial charge < -0.3 is 9.84 Å². The van der Waals surface area contributed by atoms with Gasteiger partial charge in [-0.15, -0.1) is 5.10 Å². The van der Waals surface area contributed by atoms with Gasteiger partial charge in [0.25, 0.3) is 0 Å². The number of benzene rings is 1. The SMILES string of the molecule is CC(C)Oc1ccc(C(F)(F)C(O)(Cn2cnnn2)c2ccc(F)cc2F)nc1. The Balaban J connectivity index is 2.08. The molecule has 0 saturated carbocycles. The minimum absolute atomic E-state index is 0.201. The second-order valence-electron chi connectivity index (χ2n) is 6.61. The quantitative estimate of drug-likeness (QED) is 0.602. The minimum atomic E-state index is -4.10. The number of alkyl halides is 2. The van der Waals surface area contributed by atoms with Crippen molar-refractivity contribution in [3.63, 3.8) is 0 Å². The molecule has 1 aromatic carbocycles. The van der Waals surface area contributed by atoms with Gasteiger partial charge in [-0.05, 0) is 48.5 Å². The number of pyridine rings is 1. The predicted octanol–water partition coefficient (Wildman–Crippen LogP) is 2.81. The standard InChI is InChI=1S/C18H17F4N5O2/c1-11(2)29-13-4-6-16(23-8-13)18(21,22)17(28,9-27-10-24-25-26-27)14-5-3-12(19)7-15(14)20/h3-8,10-11,28H,9H2,1-2H3. The Morgan fingerprint density at radius 3 is 2.48 bits per heavy atom. The molecule has 0 bridgehead atoms. The average molecular weight is 411 g/mol. The van der Waals surface area contributed by atoms with E-state index in [0.29, 0.717) is 6.07 Å². The van der Waals surface area contributed by atoms with Gasteiger partial charge in [0.2, 0.25) is 0 Å². The molecule has 0 amide bonds. The Hall–Kier alpha value is -3.08. The number of rotatable bonds is 7. The Bertz CT molecular complexity index is 967. The number of ether oxygens (including phenoxy) is 1. The topological polar surface area (TPSA) is 86.0 Å². The van der Waals surface area contributed by atoms with Crippen LogP contribution in [0.15, 0.2) is 42.9 Å². The summed E-state index contributed by atoms with van der Waals surface area (Å²) in [5.41, 5.74) is -4.84. The number of halogens is 4. The van der Waals surface area contributed by atoms with Crippen molar-refractivity contribution >= 4 is 0 Å². The molecule has 29 heavy (non-hydrogen) atoms. The van der Waals surface area contributed by atoms with Gasteiger partial charge in [0, 0.05) is 11.6 Å². The summed E-state index contributed by atoms with van der Waals surface area (Å²) in [6, 6.07) is 4.15. The van der Waals surface area contributed by atoms with Crippen molar-refractivity contribution < 1.29 is 27.4 Å². The maximum atomic E-state index is 15.5. The highest BCUT2D eigenvalue weighted by atomic mass is 19.3. The van der Waals surface area contributed by atoms with Crippen LogP contribution in [0.1, 0.15) is 25.1 Å². The third kappa shape index (κ3) is 4.04. The van der Waals surface area contributed by atoms with Crippen LogP contribution >= 0.6 is 0 Å². The predicted molar refractivity (Wildman–Crippen MR) is 92.0 cm³/mol. The summed E-state index contributed by atoms with van der Waals surface area (Å²) >= 11 is 0. The number of aromatic nitrogens is 5. The maximum Gasteiger partial charge on any atom is 0.323 e. The molecule has 3 rings (SSSR count). The molecule has 0 saturated heterocycles. The molecule has 0 aliphatic heterocycles. The normalized spacial score (nSPS) is 14.1. The van der Waals surface area contributed by atoms with Crippen LogP contribution in [-0.4, -0.2) is 36.4 Å². The Kier molecular flexibility index (Phi) is 5.51. The molecule has 2 aromatic heterocycles. The molecule has 11 heteroatoms. The lowest BCUT2D eigenvalue weighted by atomic mass is 9.84. The first-order valence-corrected chi connectivity index (χ1v) is 8.53. The number of hydrogen-bond acceptors (Lipinski definition) is 6. The fraction of sp³-hybridized carbons (Fsp3) is 0.333. The summed E-state index contributed by atoms with van der Waals surface area (Å²) in [5.74, 6) is -6.18. The van der Waals surface area contributed by atoms with Crippen LogP contribution in [0.2, 0.25) is 0 Å². The maximum absolute atomic E-state index is 15.5. The molecule has 2 heterocycles. The average Bonchev–Trinajstić information content (AvgIpc) is 3.14. The van der Waals surface area contributed by atoms with Gasteiger partial charge in [-0.1, -0.05) is 0 Å². The molecular weight excluding hydrogens is 394 g/mol. The van der Waals surface area contributed by atoms with E-state index in [1.807, 2.05) is 0 Å². The van der Waals surface area contributed by atoms with E-state index in [1.54, 1.807) is 13.8 Å². The summed E-state index contributed by atoms with van der Waals surface area (Å²) in [6.45, 7) is 2.59. The van der Waals surface area contributed by atoms with E-state index in [4.69, 9.17) is 4.74 Å². The van der Waals surface area contributed by atoms with Crippen molar-refractivity contribution in [2.75, 3.05) is 0 Å². The first-order valence-electron chi connectivity index (χ1n) is 8.53. The van der Waals surface area contributed by atoms with Crippen LogP contribution in [0.25, 0.3) is 0 Å². The van der Waals surface area contributed by atoms with Gasteiger partial charge in [0.1, 0.15) is 29.4 Å². The molecule has 0 aliphatic carbocycles. The lowest BCUT2D eigenvalue weighted by Gasteiger charge is -2.35. The smallest absolute Gasteiger partial charge is 0.323 e. The molecule has 0 fully saturated rings. The van der Waals surface area contributed by atoms with E-state index in [2.05, 4.69) is 20.5 Å². The van der Waals surface area contributed by atoms with Gasteiger partial charge in [0.15, 0.2) is 5.60 Å². The monoisotopic (exact) mass is 411 g/mol. The summed E-state index contributed by atoms with van der Waals surface area (Å²) < 4.78 is 64.8. The van der Waals surface area contributed by atoms with E-state index in [0.717, 1.165) is 35.4 Å². The van der Waals surface area contributed by atoms with Crippen molar-refractivity contribution in [1.82, 2.24) is 25.2 Å². The lowest BCUT2D eigenvalue weighted by molar-refractivity contribution is -0.207. The summed E-state index contributed by atoms with van der Waals surface area (Å²) in [5, 5.41) is 21.1. The van der Waals surface area contributed by atoms with E-state index < -0.39 is 41.0 Å². The fourth-order valence-electron chi connectivity index (χ4n) is 2.79. The Morgan fingerprint density at radius 2 is 1.93 bits per heavy atom. The molecule has 0 aliphatic rings. The van der Waals surface area contributed by atoms with Crippen LogP contribution in [0, 0.1) is 11.6 Å². The number of hydrogen-bond donors (Lipinski definition) is 1. The zero-order chi connectivity index (χ0) is 21.2. The van der Waals surface area contributed by atoms with Crippen molar-refractivity contribution in [1.29, 1.82) is 0 Å². The molecule has 154 valence electrons. The Morgan fingerprint density at radius 1 is 1.17 bits per heavy atom. The molecule has 0 spiro atoms. The van der Waals surface area contributed by atoms with Gasteiger partial charge in [-0.2, -0.15) is 8.78 Å². The molecule has 0 radical (unpaired) electrons. The molecule has 3 aromatic rings. The third-order valence-electron chi connectivity index (χ3n) is 4.11. The number of aliphatic hydroxyl groups is 1. The van der Waals surface area contributed by atoms with E-state index in [-0.39, 0.29) is 11.9 Å². The third-order valence-corrected chi connectivity index (χ3v) is 4.11. The summed E-state index contributed by atoms with van der Waals surface area (Å²) in [4.78, 5) is 3.68. The summed E-state index contributed by atoms with van der Waals surface area (Å²) in [6.07, 6.45) is 1.85. The largest absolute Gasteiger partial charge is 0.489 e. The van der Waals surface area contributed by atoms with Crippen LogP contribution in [0.3, 0.4) is 0 Å². The van der Waals surface area contributed by atoms with Gasteiger partial charge in [0.05, 0.1) is 18.8 Å². The summed E-state index contributed by atoms with van der Waals surface area (Å²) in [7, 11) is 0. The van der Waals surface area contributed by atoms with Crippen molar-refractivity contribution in [3.8, 4) is 5.75 Å². The second-order valence-corrected chi connectivity index (χ2v) is 6.61. The number of nitrogens with zero attached hydrogens (tertiary/aromatic N) is 5. The first kappa shape index (κ1) is 20.6. The second kappa shape index (κ2) is 7.74. The van der Waals surface area contributed by atoms with Gasteiger partial charge >= 0.3 is 5.92 Å². The van der Waals surface area contributed by atoms with E-state index in [9.17, 15) is 13.9 Å². The zero-order valence-electron chi connectivity index (χ0n) is 15.4. The van der Waals surface area contributed by atoms with Crippen LogP contribution in [0.5, 0.6) is 5.75 Å². The fourth-order valence-corrected chi connectivity index (χ4v) is 2.79. The zero-order valence-corrected chi connectivity index (χ0v) is 15.4. The van der Waals surface area contributed by atoms with Crippen molar-refractivity contribution in [2.45, 2.75) is 38.0 Å². The highest BCUT2D eigenvalue weighted by Crippen LogP contribution is 2.46. The van der Waals surface area contributed by atoms with Crippen LogP contribution in [0.4, 0.5) is 17.6 Å². The first-order chi connectivity index (χ1) is 13.6.